The molecule has 0 bridgehead atoms. The van der Waals surface area contributed by atoms with Crippen LogP contribution in [0.3, 0.4) is 0 Å². The first-order valence-corrected chi connectivity index (χ1v) is 8.06. The van der Waals surface area contributed by atoms with Gasteiger partial charge in [-0.15, -0.1) is 0 Å². The zero-order valence-corrected chi connectivity index (χ0v) is 13.1. The monoisotopic (exact) mass is 297 g/mol. The average Bonchev–Trinajstić information content (AvgIpc) is 2.40. The van der Waals surface area contributed by atoms with Gasteiger partial charge in [-0.3, -0.25) is 5.32 Å². The summed E-state index contributed by atoms with van der Waals surface area (Å²) in [4.78, 5) is 12.0. The van der Waals surface area contributed by atoms with E-state index in [1.807, 2.05) is 36.6 Å². The number of carbonyl (C=O) groups is 1. The molecule has 1 rings (SSSR count). The Hall–Kier alpha value is -1.04. The molecule has 0 radical (unpaired) electrons. The van der Waals surface area contributed by atoms with Gasteiger partial charge in [0.05, 0.1) is 12.2 Å². The highest BCUT2D eigenvalue weighted by atomic mass is 32.2. The lowest BCUT2D eigenvalue weighted by Crippen LogP contribution is -2.43. The normalized spacial score (nSPS) is 15.4. The molecular formula is C15H23NO3S. The minimum absolute atomic E-state index is 0.321. The predicted octanol–water partition coefficient (Wildman–Crippen LogP) is 1.99. The van der Waals surface area contributed by atoms with E-state index >= 15 is 0 Å². The van der Waals surface area contributed by atoms with Crippen LogP contribution in [-0.2, 0) is 9.53 Å². The molecule has 0 heterocycles. The molecule has 0 spiro atoms. The number of benzene rings is 1. The van der Waals surface area contributed by atoms with Crippen LogP contribution in [0.2, 0.25) is 0 Å². The van der Waals surface area contributed by atoms with Gasteiger partial charge in [-0.1, -0.05) is 30.3 Å². The van der Waals surface area contributed by atoms with Crippen LogP contribution in [0.25, 0.3) is 0 Å². The second kappa shape index (κ2) is 8.29. The van der Waals surface area contributed by atoms with E-state index < -0.39 is 11.6 Å². The van der Waals surface area contributed by atoms with Crippen molar-refractivity contribution < 1.29 is 14.6 Å². The van der Waals surface area contributed by atoms with Crippen LogP contribution in [0.1, 0.15) is 25.5 Å². The lowest BCUT2D eigenvalue weighted by molar-refractivity contribution is -0.146. The van der Waals surface area contributed by atoms with Gasteiger partial charge in [0.2, 0.25) is 0 Å². The van der Waals surface area contributed by atoms with Crippen LogP contribution in [0.4, 0.5) is 0 Å². The summed E-state index contributed by atoms with van der Waals surface area (Å²) < 4.78 is 5.10. The molecule has 0 aromatic heterocycles. The topological polar surface area (TPSA) is 58.6 Å². The van der Waals surface area contributed by atoms with Crippen molar-refractivity contribution in [3.05, 3.63) is 35.9 Å². The van der Waals surface area contributed by atoms with Crippen LogP contribution in [-0.4, -0.2) is 41.8 Å². The standard InChI is InChI=1S/C15H23NO3S/c1-4-19-14(17)13(12-8-6-5-7-9-12)16-10-15(2,18)11-20-3/h5-9,13,16,18H,4,10-11H2,1-3H3. The van der Waals surface area contributed by atoms with Crippen molar-refractivity contribution in [3.8, 4) is 0 Å². The van der Waals surface area contributed by atoms with Crippen molar-refractivity contribution >= 4 is 17.7 Å². The van der Waals surface area contributed by atoms with Crippen LogP contribution in [0.15, 0.2) is 30.3 Å². The first kappa shape index (κ1) is 17.0. The minimum atomic E-state index is -0.862. The Bertz CT molecular complexity index is 409. The molecule has 0 amide bonds. The zero-order chi connectivity index (χ0) is 15.0. The molecule has 1 aromatic carbocycles. The van der Waals surface area contributed by atoms with Gasteiger partial charge in [-0.25, -0.2) is 4.79 Å². The molecule has 20 heavy (non-hydrogen) atoms. The second-order valence-corrected chi connectivity index (χ2v) is 5.77. The first-order chi connectivity index (χ1) is 9.50. The van der Waals surface area contributed by atoms with E-state index in [0.717, 1.165) is 5.56 Å². The molecule has 0 saturated heterocycles. The number of aliphatic hydroxyl groups is 1. The van der Waals surface area contributed by atoms with E-state index in [1.54, 1.807) is 25.6 Å². The Morgan fingerprint density at radius 3 is 2.65 bits per heavy atom. The third-order valence-electron chi connectivity index (χ3n) is 2.80. The Kier molecular flexibility index (Phi) is 7.05. The van der Waals surface area contributed by atoms with Crippen molar-refractivity contribution in [2.45, 2.75) is 25.5 Å². The molecular weight excluding hydrogens is 274 g/mol. The number of nitrogens with one attached hydrogen (secondary N) is 1. The highest BCUT2D eigenvalue weighted by Crippen LogP contribution is 2.17. The summed E-state index contributed by atoms with van der Waals surface area (Å²) in [6.45, 7) is 4.20. The average molecular weight is 297 g/mol. The highest BCUT2D eigenvalue weighted by molar-refractivity contribution is 7.98. The fourth-order valence-corrected chi connectivity index (χ4v) is 2.62. The molecule has 112 valence electrons. The largest absolute Gasteiger partial charge is 0.465 e. The maximum atomic E-state index is 12.0. The fourth-order valence-electron chi connectivity index (χ4n) is 1.89. The molecule has 5 heteroatoms. The third-order valence-corrected chi connectivity index (χ3v) is 3.71. The summed E-state index contributed by atoms with van der Waals surface area (Å²) in [5, 5.41) is 13.3. The van der Waals surface area contributed by atoms with E-state index in [4.69, 9.17) is 4.74 Å². The fraction of sp³-hybridized carbons (Fsp3) is 0.533. The molecule has 2 atom stereocenters. The second-order valence-electron chi connectivity index (χ2n) is 4.91. The zero-order valence-electron chi connectivity index (χ0n) is 12.3. The SMILES string of the molecule is CCOC(=O)C(NCC(C)(O)CSC)c1ccccc1. The van der Waals surface area contributed by atoms with Crippen LogP contribution in [0, 0.1) is 0 Å². The lowest BCUT2D eigenvalue weighted by Gasteiger charge is -2.26. The molecule has 2 unspecified atom stereocenters. The quantitative estimate of drug-likeness (QED) is 0.719. The van der Waals surface area contributed by atoms with Gasteiger partial charge in [0.1, 0.15) is 6.04 Å². The Morgan fingerprint density at radius 2 is 2.10 bits per heavy atom. The summed E-state index contributed by atoms with van der Waals surface area (Å²) in [7, 11) is 0. The van der Waals surface area contributed by atoms with E-state index in [1.165, 1.54) is 0 Å². The number of hydrogen-bond acceptors (Lipinski definition) is 5. The number of carbonyl (C=O) groups excluding carboxylic acids is 1. The van der Waals surface area contributed by atoms with Gasteiger partial charge < -0.3 is 9.84 Å². The molecule has 0 aliphatic heterocycles. The van der Waals surface area contributed by atoms with E-state index in [0.29, 0.717) is 18.9 Å². The molecule has 0 saturated carbocycles. The number of thioether (sulfide) groups is 1. The van der Waals surface area contributed by atoms with Crippen LogP contribution in [0.5, 0.6) is 0 Å². The third kappa shape index (κ3) is 5.53. The maximum absolute atomic E-state index is 12.0. The molecule has 1 aromatic rings. The molecule has 0 aliphatic rings. The predicted molar refractivity (Wildman–Crippen MR) is 82.8 cm³/mol. The number of ether oxygens (including phenoxy) is 1. The van der Waals surface area contributed by atoms with Crippen molar-refractivity contribution in [1.29, 1.82) is 0 Å². The highest BCUT2D eigenvalue weighted by Gasteiger charge is 2.26. The van der Waals surface area contributed by atoms with E-state index in [-0.39, 0.29) is 5.97 Å². The summed E-state index contributed by atoms with van der Waals surface area (Å²) >= 11 is 1.57. The van der Waals surface area contributed by atoms with Crippen LogP contribution < -0.4 is 5.32 Å². The molecule has 0 fully saturated rings. The van der Waals surface area contributed by atoms with Gasteiger partial charge in [0, 0.05) is 12.3 Å². The van der Waals surface area contributed by atoms with E-state index in [2.05, 4.69) is 5.32 Å². The van der Waals surface area contributed by atoms with Crippen LogP contribution >= 0.6 is 11.8 Å². The molecule has 0 aliphatic carbocycles. The number of esters is 1. The summed E-state index contributed by atoms with van der Waals surface area (Å²) in [6.07, 6.45) is 1.94. The van der Waals surface area contributed by atoms with Crippen molar-refractivity contribution in [3.63, 3.8) is 0 Å². The summed E-state index contributed by atoms with van der Waals surface area (Å²) in [6, 6.07) is 8.85. The minimum Gasteiger partial charge on any atom is -0.465 e. The Morgan fingerprint density at radius 1 is 1.45 bits per heavy atom. The van der Waals surface area contributed by atoms with Gasteiger partial charge >= 0.3 is 5.97 Å². The Balaban J connectivity index is 2.77. The first-order valence-electron chi connectivity index (χ1n) is 6.66. The smallest absolute Gasteiger partial charge is 0.327 e. The summed E-state index contributed by atoms with van der Waals surface area (Å²) in [5.74, 6) is 0.281. The summed E-state index contributed by atoms with van der Waals surface area (Å²) in [5.41, 5.74) is -0.0234. The maximum Gasteiger partial charge on any atom is 0.327 e. The number of hydrogen-bond donors (Lipinski definition) is 2. The lowest BCUT2D eigenvalue weighted by atomic mass is 10.0. The van der Waals surface area contributed by atoms with Gasteiger partial charge in [-0.2, -0.15) is 11.8 Å². The van der Waals surface area contributed by atoms with Crippen molar-refractivity contribution in [1.82, 2.24) is 5.32 Å². The van der Waals surface area contributed by atoms with Gasteiger partial charge in [-0.05, 0) is 25.7 Å². The van der Waals surface area contributed by atoms with Gasteiger partial charge in [0.15, 0.2) is 0 Å². The van der Waals surface area contributed by atoms with Gasteiger partial charge in [0.25, 0.3) is 0 Å². The van der Waals surface area contributed by atoms with Crippen molar-refractivity contribution in [2.24, 2.45) is 0 Å². The molecule has 4 nitrogen and oxygen atoms in total. The Labute approximate surface area is 124 Å². The van der Waals surface area contributed by atoms with E-state index in [9.17, 15) is 9.90 Å². The number of rotatable bonds is 8. The van der Waals surface area contributed by atoms with Crippen molar-refractivity contribution in [2.75, 3.05) is 25.2 Å². The molecule has 2 N–H and O–H groups in total.